The van der Waals surface area contributed by atoms with Gasteiger partial charge in [0, 0.05) is 0 Å². The zero-order valence-corrected chi connectivity index (χ0v) is 15.6. The van der Waals surface area contributed by atoms with E-state index in [1.165, 1.54) is 6.92 Å². The van der Waals surface area contributed by atoms with Crippen molar-refractivity contribution in [2.45, 2.75) is 22.6 Å². The predicted molar refractivity (Wildman–Crippen MR) is 54.5 cm³/mol. The van der Waals surface area contributed by atoms with Crippen LogP contribution in [0.15, 0.2) is 30.3 Å². The quantitative estimate of drug-likeness (QED) is 0.414. The van der Waals surface area contributed by atoms with Gasteiger partial charge in [-0.25, -0.2) is 0 Å². The molecule has 19 heavy (non-hydrogen) atoms. The Balaban J connectivity index is 2.61. The Morgan fingerprint density at radius 3 is 2.37 bits per heavy atom. The molecular formula is C11H11F3HgO4. The van der Waals surface area contributed by atoms with Crippen molar-refractivity contribution in [3.8, 4) is 0 Å². The summed E-state index contributed by atoms with van der Waals surface area (Å²) in [5.41, 5.74) is -0.533. The normalized spacial score (nSPS) is 14.4. The standard InChI is InChI=1S/C9H11O2.C2HF3O2.Hg/c1-9(2,11-10)8-6-4-3-5-7-8;3-2(4,5)1(6)7;/h3-7,10H,1H2,2H3;(H,6,7);/q;;+1/p-1. The van der Waals surface area contributed by atoms with Gasteiger partial charge in [-0.3, -0.25) is 0 Å². The second-order valence-corrected chi connectivity index (χ2v) is 8.72. The summed E-state index contributed by atoms with van der Waals surface area (Å²) < 4.78 is 40.3. The van der Waals surface area contributed by atoms with Crippen LogP contribution in [0.1, 0.15) is 12.5 Å². The summed E-state index contributed by atoms with van der Waals surface area (Å²) in [6.45, 7) is 1.53. The van der Waals surface area contributed by atoms with Crippen molar-refractivity contribution in [1.82, 2.24) is 0 Å². The van der Waals surface area contributed by atoms with Crippen LogP contribution in [0.2, 0.25) is 3.93 Å². The molecule has 0 aliphatic heterocycles. The van der Waals surface area contributed by atoms with Gasteiger partial charge in [0.2, 0.25) is 0 Å². The van der Waals surface area contributed by atoms with E-state index in [0.29, 0.717) is 5.56 Å². The molecule has 0 heterocycles. The van der Waals surface area contributed by atoms with Crippen molar-refractivity contribution < 1.29 is 55.8 Å². The molecule has 0 bridgehead atoms. The number of hydrogen-bond donors (Lipinski definition) is 1. The summed E-state index contributed by atoms with van der Waals surface area (Å²) in [4.78, 5) is 15.0. The van der Waals surface area contributed by atoms with Gasteiger partial charge in [0.15, 0.2) is 0 Å². The zero-order valence-electron chi connectivity index (χ0n) is 10.1. The van der Waals surface area contributed by atoms with Crippen molar-refractivity contribution in [3.05, 3.63) is 35.9 Å². The van der Waals surface area contributed by atoms with E-state index in [1.54, 1.807) is 30.3 Å². The average Bonchev–Trinajstić information content (AvgIpc) is 2.38. The molecule has 0 saturated carbocycles. The minimum absolute atomic E-state index is 0.106. The van der Waals surface area contributed by atoms with Crippen LogP contribution in [0.25, 0.3) is 0 Å². The first-order valence-corrected chi connectivity index (χ1v) is 11.5. The molecule has 0 aliphatic rings. The maximum absolute atomic E-state index is 12.0. The third-order valence-electron chi connectivity index (χ3n) is 2.63. The Kier molecular flexibility index (Phi) is 5.75. The Morgan fingerprint density at radius 1 is 1.32 bits per heavy atom. The molecule has 0 aromatic heterocycles. The Bertz CT molecular complexity index is 424. The molecule has 0 aliphatic carbocycles. The molecule has 1 unspecified atom stereocenters. The molecule has 0 spiro atoms. The number of halogens is 3. The summed E-state index contributed by atoms with van der Waals surface area (Å²) in [5.74, 6) is -2.16. The van der Waals surface area contributed by atoms with Gasteiger partial charge < -0.3 is 0 Å². The van der Waals surface area contributed by atoms with Crippen molar-refractivity contribution in [2.75, 3.05) is 0 Å². The van der Waals surface area contributed by atoms with E-state index in [4.69, 9.17) is 5.26 Å². The molecule has 4 nitrogen and oxygen atoms in total. The summed E-state index contributed by atoms with van der Waals surface area (Å²) in [6, 6.07) is 8.54. The zero-order chi connectivity index (χ0) is 14.5. The molecular weight excluding hydrogens is 454 g/mol. The average molecular weight is 465 g/mol. The number of rotatable bonds is 5. The molecule has 0 saturated heterocycles. The van der Waals surface area contributed by atoms with Crippen LogP contribution in [0.3, 0.4) is 0 Å². The van der Waals surface area contributed by atoms with E-state index in [-0.39, 0.29) is 3.93 Å². The number of alkyl halides is 3. The van der Waals surface area contributed by atoms with Gasteiger partial charge in [0.25, 0.3) is 0 Å². The fraction of sp³-hybridized carbons (Fsp3) is 0.364. The second kappa shape index (κ2) is 6.67. The summed E-state index contributed by atoms with van der Waals surface area (Å²) in [5, 5.41) is 8.94. The molecule has 1 rings (SSSR count). The van der Waals surface area contributed by atoms with Crippen LogP contribution < -0.4 is 0 Å². The van der Waals surface area contributed by atoms with Crippen LogP contribution in [0, 0.1) is 0 Å². The molecule has 1 aromatic carbocycles. The first-order chi connectivity index (χ1) is 8.79. The Morgan fingerprint density at radius 2 is 1.89 bits per heavy atom. The molecule has 0 radical (unpaired) electrons. The first kappa shape index (κ1) is 16.4. The van der Waals surface area contributed by atoms with E-state index in [2.05, 4.69) is 7.53 Å². The second-order valence-electron chi connectivity index (χ2n) is 4.07. The van der Waals surface area contributed by atoms with Gasteiger partial charge in [-0.05, 0) is 0 Å². The third kappa shape index (κ3) is 4.74. The van der Waals surface area contributed by atoms with E-state index in [9.17, 15) is 18.0 Å². The third-order valence-corrected chi connectivity index (χ3v) is 8.95. The molecule has 1 N–H and O–H groups in total. The molecule has 8 heteroatoms. The van der Waals surface area contributed by atoms with E-state index in [0.717, 1.165) is 0 Å². The van der Waals surface area contributed by atoms with Crippen molar-refractivity contribution in [3.63, 3.8) is 0 Å². The van der Waals surface area contributed by atoms with Gasteiger partial charge in [-0.15, -0.1) is 0 Å². The minimum atomic E-state index is -4.97. The summed E-state index contributed by atoms with van der Waals surface area (Å²) in [7, 11) is 0. The van der Waals surface area contributed by atoms with Crippen molar-refractivity contribution in [2.24, 2.45) is 0 Å². The molecule has 1 aromatic rings. The van der Waals surface area contributed by atoms with Gasteiger partial charge >= 0.3 is 120 Å². The molecule has 1 atom stereocenters. The number of benzene rings is 1. The van der Waals surface area contributed by atoms with Gasteiger partial charge in [-0.2, -0.15) is 0 Å². The maximum atomic E-state index is 12.0. The van der Waals surface area contributed by atoms with E-state index >= 15 is 0 Å². The van der Waals surface area contributed by atoms with Crippen molar-refractivity contribution >= 4 is 5.97 Å². The van der Waals surface area contributed by atoms with E-state index < -0.39 is 42.8 Å². The summed E-state index contributed by atoms with van der Waals surface area (Å²) >= 11 is -2.61. The predicted octanol–water partition coefficient (Wildman–Crippen LogP) is 2.91. The van der Waals surface area contributed by atoms with Crippen LogP contribution >= 0.6 is 0 Å². The van der Waals surface area contributed by atoms with Crippen LogP contribution in [0.4, 0.5) is 13.2 Å². The Hall–Kier alpha value is -0.665. The van der Waals surface area contributed by atoms with Crippen LogP contribution in [0.5, 0.6) is 0 Å². The monoisotopic (exact) mass is 466 g/mol. The number of carbonyl (C=O) groups is 1. The fourth-order valence-corrected chi connectivity index (χ4v) is 6.20. The van der Waals surface area contributed by atoms with E-state index in [1.807, 2.05) is 0 Å². The first-order valence-electron chi connectivity index (χ1n) is 5.41. The van der Waals surface area contributed by atoms with Gasteiger partial charge in [0.05, 0.1) is 0 Å². The molecule has 0 amide bonds. The SMILES string of the molecule is CC([CH2][Hg][O]C(=O)C(F)(F)F)(OO)c1ccccc1. The number of hydrogen-bond acceptors (Lipinski definition) is 4. The number of carbonyl (C=O) groups excluding carboxylic acids is 1. The van der Waals surface area contributed by atoms with Crippen LogP contribution in [-0.4, -0.2) is 17.4 Å². The molecule has 102 valence electrons. The topological polar surface area (TPSA) is 55.8 Å². The van der Waals surface area contributed by atoms with Crippen molar-refractivity contribution in [1.29, 1.82) is 0 Å². The summed E-state index contributed by atoms with van der Waals surface area (Å²) in [6.07, 6.45) is -4.97. The van der Waals surface area contributed by atoms with Crippen LogP contribution in [-0.2, 0) is 43.0 Å². The van der Waals surface area contributed by atoms with Gasteiger partial charge in [-0.1, -0.05) is 0 Å². The fourth-order valence-electron chi connectivity index (χ4n) is 1.45. The molecule has 0 fully saturated rings. The Labute approximate surface area is 120 Å². The van der Waals surface area contributed by atoms with Gasteiger partial charge in [0.1, 0.15) is 0 Å².